The van der Waals surface area contributed by atoms with Gasteiger partial charge in [0.1, 0.15) is 5.79 Å². The lowest BCUT2D eigenvalue weighted by Gasteiger charge is -2.33. The van der Waals surface area contributed by atoms with E-state index < -0.39 is 31.0 Å². The second-order valence-corrected chi connectivity index (χ2v) is 3.26. The average molecular weight is 179 g/mol. The minimum absolute atomic E-state index is 0.0521. The summed E-state index contributed by atoms with van der Waals surface area (Å²) in [7, 11) is 0. The summed E-state index contributed by atoms with van der Waals surface area (Å²) in [6.45, 7) is -1.23. The Balaban J connectivity index is 4.30. The summed E-state index contributed by atoms with van der Waals surface area (Å²) in [5, 5.41) is 26.6. The maximum Gasteiger partial charge on any atom is 0.116 e. The van der Waals surface area contributed by atoms with Crippen LogP contribution in [0, 0.1) is 5.41 Å². The van der Waals surface area contributed by atoms with E-state index >= 15 is 0 Å². The van der Waals surface area contributed by atoms with Gasteiger partial charge in [-0.3, -0.25) is 0 Å². The topological polar surface area (TPSA) is 139 Å². The van der Waals surface area contributed by atoms with Gasteiger partial charge in [-0.25, -0.2) is 0 Å². The van der Waals surface area contributed by atoms with Crippen LogP contribution in [0.3, 0.4) is 0 Å². The van der Waals surface area contributed by atoms with Crippen LogP contribution < -0.4 is 17.2 Å². The predicted molar refractivity (Wildman–Crippen MR) is 43.6 cm³/mol. The van der Waals surface area contributed by atoms with Crippen molar-refractivity contribution >= 4 is 0 Å². The molecule has 74 valence electrons. The highest BCUT2D eigenvalue weighted by atomic mass is 16.3. The van der Waals surface area contributed by atoms with Crippen LogP contribution in [0.2, 0.25) is 0 Å². The summed E-state index contributed by atoms with van der Waals surface area (Å²) in [5.74, 6) is -1.49. The highest BCUT2D eigenvalue weighted by molar-refractivity contribution is 4.85. The summed E-state index contributed by atoms with van der Waals surface area (Å²) >= 11 is 0. The predicted octanol–water partition coefficient (Wildman–Crippen LogP) is -3.13. The van der Waals surface area contributed by atoms with E-state index in [1.54, 1.807) is 0 Å². The zero-order valence-corrected chi connectivity index (χ0v) is 6.90. The molecule has 12 heavy (non-hydrogen) atoms. The Morgan fingerprint density at radius 2 is 1.17 bits per heavy atom. The van der Waals surface area contributed by atoms with Crippen molar-refractivity contribution in [3.63, 3.8) is 0 Å². The van der Waals surface area contributed by atoms with Gasteiger partial charge in [-0.1, -0.05) is 0 Å². The number of hydrogen-bond donors (Lipinski definition) is 6. The van der Waals surface area contributed by atoms with Crippen LogP contribution in [-0.2, 0) is 0 Å². The molecule has 0 aliphatic rings. The first-order valence-electron chi connectivity index (χ1n) is 3.58. The van der Waals surface area contributed by atoms with Crippen LogP contribution in [0.5, 0.6) is 0 Å². The molecule has 0 fully saturated rings. The molecule has 0 amide bonds. The molecule has 0 rings (SSSR count). The quantitative estimate of drug-likeness (QED) is 0.247. The van der Waals surface area contributed by atoms with E-state index in [0.717, 1.165) is 0 Å². The fourth-order valence-corrected chi connectivity index (χ4v) is 0.967. The first kappa shape index (κ1) is 11.8. The van der Waals surface area contributed by atoms with Crippen LogP contribution in [0.25, 0.3) is 0 Å². The Morgan fingerprint density at radius 3 is 1.25 bits per heavy atom. The molecule has 0 aliphatic carbocycles. The summed E-state index contributed by atoms with van der Waals surface area (Å²) in [5.41, 5.74) is 14.7. The number of nitrogens with two attached hydrogens (primary N) is 3. The van der Waals surface area contributed by atoms with E-state index in [1.165, 1.54) is 0 Å². The van der Waals surface area contributed by atoms with Crippen molar-refractivity contribution in [3.8, 4) is 0 Å². The summed E-state index contributed by atoms with van der Waals surface area (Å²) in [6.07, 6.45) is -0.0521. The highest BCUT2D eigenvalue weighted by Gasteiger charge is 2.34. The molecule has 0 radical (unpaired) electrons. The highest BCUT2D eigenvalue weighted by Crippen LogP contribution is 2.21. The van der Waals surface area contributed by atoms with Gasteiger partial charge < -0.3 is 32.5 Å². The lowest BCUT2D eigenvalue weighted by Crippen LogP contribution is -2.62. The van der Waals surface area contributed by atoms with Crippen molar-refractivity contribution in [1.29, 1.82) is 0 Å². The maximum absolute atomic E-state index is 8.85. The van der Waals surface area contributed by atoms with E-state index in [-0.39, 0.29) is 6.42 Å². The second kappa shape index (κ2) is 4.13. The summed E-state index contributed by atoms with van der Waals surface area (Å²) < 4.78 is 0. The first-order valence-corrected chi connectivity index (χ1v) is 3.58. The molecule has 6 heteroatoms. The molecule has 0 saturated heterocycles. The minimum atomic E-state index is -1.49. The molecule has 9 N–H and O–H groups in total. The Morgan fingerprint density at radius 1 is 0.833 bits per heavy atom. The zero-order chi connectivity index (χ0) is 9.83. The van der Waals surface area contributed by atoms with E-state index in [2.05, 4.69) is 0 Å². The van der Waals surface area contributed by atoms with Crippen LogP contribution in [0.1, 0.15) is 6.42 Å². The summed E-state index contributed by atoms with van der Waals surface area (Å²) in [4.78, 5) is 0. The number of rotatable bonds is 5. The molecule has 0 aromatic rings. The maximum atomic E-state index is 8.85. The summed E-state index contributed by atoms with van der Waals surface area (Å²) in [6, 6.07) is 0. The Bertz CT molecular complexity index is 122. The third-order valence-electron chi connectivity index (χ3n) is 1.69. The van der Waals surface area contributed by atoms with Crippen molar-refractivity contribution in [2.75, 3.05) is 19.8 Å². The second-order valence-electron chi connectivity index (χ2n) is 3.26. The molecule has 0 aromatic heterocycles. The number of aliphatic hydroxyl groups excluding tert-OH is 3. The average Bonchev–Trinajstić information content (AvgIpc) is 1.99. The van der Waals surface area contributed by atoms with Gasteiger partial charge in [-0.2, -0.15) is 0 Å². The van der Waals surface area contributed by atoms with Gasteiger partial charge in [-0.05, 0) is 0 Å². The van der Waals surface area contributed by atoms with Gasteiger partial charge in [0.05, 0.1) is 19.8 Å². The normalized spacial score (nSPS) is 13.5. The van der Waals surface area contributed by atoms with Crippen LogP contribution in [0.15, 0.2) is 0 Å². The molecule has 0 spiro atoms. The largest absolute Gasteiger partial charge is 0.396 e. The fourth-order valence-electron chi connectivity index (χ4n) is 0.967. The van der Waals surface area contributed by atoms with E-state index in [4.69, 9.17) is 32.5 Å². The van der Waals surface area contributed by atoms with E-state index in [9.17, 15) is 0 Å². The Hall–Kier alpha value is -0.240. The molecule has 0 unspecified atom stereocenters. The number of aliphatic hydroxyl groups is 3. The van der Waals surface area contributed by atoms with E-state index in [1.807, 2.05) is 0 Å². The van der Waals surface area contributed by atoms with Gasteiger partial charge in [0, 0.05) is 11.8 Å². The monoisotopic (exact) mass is 179 g/mol. The third kappa shape index (κ3) is 3.44. The van der Waals surface area contributed by atoms with Gasteiger partial charge in [0.2, 0.25) is 0 Å². The molecular formula is C6H17N3O3. The lowest BCUT2D eigenvalue weighted by molar-refractivity contribution is -0.0153. The van der Waals surface area contributed by atoms with Gasteiger partial charge >= 0.3 is 0 Å². The number of hydrogen-bond acceptors (Lipinski definition) is 6. The SMILES string of the molecule is NC(N)(N)CC(CO)(CO)CO. The zero-order valence-electron chi connectivity index (χ0n) is 6.90. The molecule has 0 aliphatic heterocycles. The Kier molecular flexibility index (Phi) is 4.04. The van der Waals surface area contributed by atoms with Crippen molar-refractivity contribution in [2.24, 2.45) is 22.6 Å². The third-order valence-corrected chi connectivity index (χ3v) is 1.69. The van der Waals surface area contributed by atoms with Crippen molar-refractivity contribution < 1.29 is 15.3 Å². The molecular weight excluding hydrogens is 162 g/mol. The van der Waals surface area contributed by atoms with Crippen LogP contribution >= 0.6 is 0 Å². The molecule has 0 atom stereocenters. The Labute approximate surface area is 71.0 Å². The van der Waals surface area contributed by atoms with Gasteiger partial charge in [0.15, 0.2) is 0 Å². The first-order chi connectivity index (χ1) is 5.39. The minimum Gasteiger partial charge on any atom is -0.396 e. The van der Waals surface area contributed by atoms with Crippen molar-refractivity contribution in [1.82, 2.24) is 0 Å². The lowest BCUT2D eigenvalue weighted by atomic mass is 9.84. The molecule has 6 nitrogen and oxygen atoms in total. The molecule has 0 aromatic carbocycles. The molecule has 0 bridgehead atoms. The van der Waals surface area contributed by atoms with Crippen LogP contribution in [-0.4, -0.2) is 40.9 Å². The van der Waals surface area contributed by atoms with Gasteiger partial charge in [-0.15, -0.1) is 0 Å². The standard InChI is InChI=1S/C6H17N3O3/c7-6(8,9)1-5(2-10,3-11)4-12/h10-12H,1-4,7-9H2. The van der Waals surface area contributed by atoms with Gasteiger partial charge in [0.25, 0.3) is 0 Å². The molecule has 0 saturated carbocycles. The van der Waals surface area contributed by atoms with Crippen molar-refractivity contribution in [3.05, 3.63) is 0 Å². The molecule has 0 heterocycles. The van der Waals surface area contributed by atoms with Crippen LogP contribution in [0.4, 0.5) is 0 Å². The van der Waals surface area contributed by atoms with E-state index in [0.29, 0.717) is 0 Å². The smallest absolute Gasteiger partial charge is 0.116 e. The fraction of sp³-hybridized carbons (Fsp3) is 1.00. The van der Waals surface area contributed by atoms with Crippen molar-refractivity contribution in [2.45, 2.75) is 12.2 Å².